The number of aryl methyl sites for hydroxylation is 1. The van der Waals surface area contributed by atoms with E-state index in [-0.39, 0.29) is 5.69 Å². The van der Waals surface area contributed by atoms with Crippen LogP contribution in [0, 0.1) is 0 Å². The van der Waals surface area contributed by atoms with E-state index in [0.29, 0.717) is 17.8 Å². The Bertz CT molecular complexity index is 638. The highest BCUT2D eigenvalue weighted by Gasteiger charge is 2.30. The van der Waals surface area contributed by atoms with Crippen molar-refractivity contribution in [2.24, 2.45) is 0 Å². The molecule has 0 aliphatic heterocycles. The number of nitrogens with zero attached hydrogens (tertiary/aromatic N) is 1. The van der Waals surface area contributed by atoms with Crippen LogP contribution in [0.5, 0.6) is 0 Å². The number of aromatic nitrogens is 2. The number of hydrogen-bond donors (Lipinski definition) is 2. The van der Waals surface area contributed by atoms with Gasteiger partial charge in [0, 0.05) is 0 Å². The van der Waals surface area contributed by atoms with Gasteiger partial charge in [0.15, 0.2) is 0 Å². The highest BCUT2D eigenvalue weighted by Crippen LogP contribution is 2.29. The minimum Gasteiger partial charge on any atom is -0.393 e. The Hall–Kier alpha value is -2.18. The van der Waals surface area contributed by atoms with E-state index in [4.69, 9.17) is 5.73 Å². The van der Waals surface area contributed by atoms with Gasteiger partial charge in [-0.2, -0.15) is 13.2 Å². The molecule has 0 aliphatic rings. The van der Waals surface area contributed by atoms with Gasteiger partial charge in [-0.05, 0) is 30.7 Å². The second-order valence-corrected chi connectivity index (χ2v) is 4.04. The van der Waals surface area contributed by atoms with Crippen LogP contribution >= 0.6 is 0 Å². The van der Waals surface area contributed by atoms with Crippen LogP contribution in [0.25, 0.3) is 5.69 Å². The summed E-state index contributed by atoms with van der Waals surface area (Å²) >= 11 is 0. The summed E-state index contributed by atoms with van der Waals surface area (Å²) in [5.74, 6) is 0. The number of rotatable bonds is 2. The van der Waals surface area contributed by atoms with Crippen LogP contribution in [-0.2, 0) is 12.6 Å². The molecular formula is C12H12F3N3O. The minimum absolute atomic E-state index is 0.0856. The first-order chi connectivity index (χ1) is 8.84. The largest absolute Gasteiger partial charge is 0.416 e. The van der Waals surface area contributed by atoms with Gasteiger partial charge in [0.25, 0.3) is 5.56 Å². The van der Waals surface area contributed by atoms with Gasteiger partial charge in [0.2, 0.25) is 0 Å². The van der Waals surface area contributed by atoms with Crippen molar-refractivity contribution in [2.75, 3.05) is 5.73 Å². The minimum atomic E-state index is -4.40. The molecule has 1 heterocycles. The molecule has 7 heteroatoms. The van der Waals surface area contributed by atoms with Gasteiger partial charge in [-0.15, -0.1) is 0 Å². The zero-order valence-corrected chi connectivity index (χ0v) is 10.1. The van der Waals surface area contributed by atoms with E-state index < -0.39 is 17.3 Å². The second-order valence-electron chi connectivity index (χ2n) is 4.04. The molecule has 0 saturated carbocycles. The third-order valence-corrected chi connectivity index (χ3v) is 2.81. The molecule has 0 spiro atoms. The van der Waals surface area contributed by atoms with E-state index >= 15 is 0 Å². The summed E-state index contributed by atoms with van der Waals surface area (Å²) < 4.78 is 38.4. The highest BCUT2D eigenvalue weighted by atomic mass is 19.4. The van der Waals surface area contributed by atoms with E-state index in [1.165, 1.54) is 12.1 Å². The first-order valence-corrected chi connectivity index (χ1v) is 5.61. The summed E-state index contributed by atoms with van der Waals surface area (Å²) in [6.07, 6.45) is -3.86. The number of benzene rings is 1. The molecule has 102 valence electrons. The van der Waals surface area contributed by atoms with E-state index in [2.05, 4.69) is 5.10 Å². The fraction of sp³-hybridized carbons (Fsp3) is 0.250. The normalized spacial score (nSPS) is 11.8. The number of hydrogen-bond acceptors (Lipinski definition) is 2. The molecule has 0 fully saturated rings. The molecule has 2 rings (SSSR count). The second kappa shape index (κ2) is 4.49. The fourth-order valence-electron chi connectivity index (χ4n) is 1.75. The number of alkyl halides is 3. The van der Waals surface area contributed by atoms with Crippen LogP contribution < -0.4 is 11.3 Å². The Labute approximate surface area is 106 Å². The molecule has 0 amide bonds. The molecule has 0 saturated heterocycles. The van der Waals surface area contributed by atoms with E-state index in [0.717, 1.165) is 16.8 Å². The number of halogens is 3. The van der Waals surface area contributed by atoms with Gasteiger partial charge in [-0.3, -0.25) is 9.89 Å². The smallest absolute Gasteiger partial charge is 0.393 e. The number of nitrogens with two attached hydrogens (primary N) is 1. The maximum atomic E-state index is 12.4. The lowest BCUT2D eigenvalue weighted by Gasteiger charge is -2.07. The van der Waals surface area contributed by atoms with Crippen LogP contribution in [-0.4, -0.2) is 9.78 Å². The molecule has 0 unspecified atom stereocenters. The number of nitrogen functional groups attached to an aromatic ring is 1. The van der Waals surface area contributed by atoms with Crippen molar-refractivity contribution >= 4 is 5.69 Å². The first-order valence-electron chi connectivity index (χ1n) is 5.61. The van der Waals surface area contributed by atoms with Crippen molar-refractivity contribution in [3.8, 4) is 5.69 Å². The number of aromatic amines is 1. The zero-order chi connectivity index (χ0) is 14.2. The Morgan fingerprint density at radius 1 is 1.26 bits per heavy atom. The van der Waals surface area contributed by atoms with Crippen LogP contribution in [0.1, 0.15) is 18.2 Å². The molecule has 1 aromatic carbocycles. The predicted molar refractivity (Wildman–Crippen MR) is 65.2 cm³/mol. The standard InChI is InChI=1S/C12H12F3N3O/c1-2-9-10(16)11(19)18(17-9)8-5-3-7(4-6-8)12(13,14)15/h3-6,17H,2,16H2,1H3. The molecule has 3 N–H and O–H groups in total. The molecule has 0 atom stereocenters. The Balaban J connectivity index is 2.46. The summed E-state index contributed by atoms with van der Waals surface area (Å²) in [6.45, 7) is 1.82. The fourth-order valence-corrected chi connectivity index (χ4v) is 1.75. The Kier molecular flexibility index (Phi) is 3.13. The van der Waals surface area contributed by atoms with Crippen molar-refractivity contribution < 1.29 is 13.2 Å². The summed E-state index contributed by atoms with van der Waals surface area (Å²) in [4.78, 5) is 11.8. The topological polar surface area (TPSA) is 63.8 Å². The van der Waals surface area contributed by atoms with E-state index in [9.17, 15) is 18.0 Å². The molecular weight excluding hydrogens is 259 g/mol. The van der Waals surface area contributed by atoms with Crippen molar-refractivity contribution in [1.82, 2.24) is 9.78 Å². The first kappa shape index (κ1) is 13.3. The lowest BCUT2D eigenvalue weighted by molar-refractivity contribution is -0.137. The van der Waals surface area contributed by atoms with Crippen molar-refractivity contribution in [3.05, 3.63) is 45.9 Å². The van der Waals surface area contributed by atoms with Crippen LogP contribution in [0.15, 0.2) is 29.1 Å². The molecule has 2 aromatic rings. The SMILES string of the molecule is CCc1[nH]n(-c2ccc(C(F)(F)F)cc2)c(=O)c1N. The van der Waals surface area contributed by atoms with Crippen LogP contribution in [0.3, 0.4) is 0 Å². The lowest BCUT2D eigenvalue weighted by atomic mass is 10.2. The Morgan fingerprint density at radius 2 is 1.84 bits per heavy atom. The van der Waals surface area contributed by atoms with Gasteiger partial charge >= 0.3 is 6.18 Å². The van der Waals surface area contributed by atoms with Crippen molar-refractivity contribution in [1.29, 1.82) is 0 Å². The van der Waals surface area contributed by atoms with Crippen LogP contribution in [0.4, 0.5) is 18.9 Å². The van der Waals surface area contributed by atoms with Gasteiger partial charge < -0.3 is 5.73 Å². The number of H-pyrrole nitrogens is 1. The van der Waals surface area contributed by atoms with Gasteiger partial charge in [0.05, 0.1) is 16.9 Å². The Morgan fingerprint density at radius 3 is 2.26 bits per heavy atom. The summed E-state index contributed by atoms with van der Waals surface area (Å²) in [6, 6.07) is 4.29. The van der Waals surface area contributed by atoms with Gasteiger partial charge in [-0.1, -0.05) is 6.92 Å². The maximum Gasteiger partial charge on any atom is 0.416 e. The van der Waals surface area contributed by atoms with Gasteiger partial charge in [0.1, 0.15) is 5.69 Å². The monoisotopic (exact) mass is 271 g/mol. The summed E-state index contributed by atoms with van der Waals surface area (Å²) in [5, 5.41) is 2.77. The lowest BCUT2D eigenvalue weighted by Crippen LogP contribution is -2.17. The highest BCUT2D eigenvalue weighted by molar-refractivity contribution is 5.45. The average molecular weight is 271 g/mol. The average Bonchev–Trinajstić information content (AvgIpc) is 2.65. The molecule has 0 aliphatic carbocycles. The molecule has 0 radical (unpaired) electrons. The van der Waals surface area contributed by atoms with Crippen molar-refractivity contribution in [3.63, 3.8) is 0 Å². The molecule has 1 aromatic heterocycles. The third kappa shape index (κ3) is 2.35. The summed E-state index contributed by atoms with van der Waals surface area (Å²) in [5.41, 5.74) is 5.34. The molecule has 19 heavy (non-hydrogen) atoms. The molecule has 4 nitrogen and oxygen atoms in total. The summed E-state index contributed by atoms with van der Waals surface area (Å²) in [7, 11) is 0. The predicted octanol–water partition coefficient (Wildman–Crippen LogP) is 2.33. The molecule has 0 bridgehead atoms. The third-order valence-electron chi connectivity index (χ3n) is 2.81. The zero-order valence-electron chi connectivity index (χ0n) is 10.1. The van der Waals surface area contributed by atoms with Crippen LogP contribution in [0.2, 0.25) is 0 Å². The van der Waals surface area contributed by atoms with Crippen molar-refractivity contribution in [2.45, 2.75) is 19.5 Å². The number of nitrogens with one attached hydrogen (secondary N) is 1. The number of anilines is 1. The van der Waals surface area contributed by atoms with E-state index in [1.54, 1.807) is 0 Å². The van der Waals surface area contributed by atoms with E-state index in [1.807, 2.05) is 6.92 Å². The quantitative estimate of drug-likeness (QED) is 0.880. The maximum absolute atomic E-state index is 12.4. The van der Waals surface area contributed by atoms with Gasteiger partial charge in [-0.25, -0.2) is 4.68 Å².